The Hall–Kier alpha value is -2.28. The summed E-state index contributed by atoms with van der Waals surface area (Å²) in [5.41, 5.74) is 5.09. The van der Waals surface area contributed by atoms with Crippen molar-refractivity contribution in [2.75, 3.05) is 0 Å². The first-order chi connectivity index (χ1) is 10.2. The molecular formula is C20H21N. The van der Waals surface area contributed by atoms with E-state index in [9.17, 15) is 0 Å². The molecule has 0 radical (unpaired) electrons. The number of benzene rings is 2. The molecule has 0 N–H and O–H groups in total. The Morgan fingerprint density at radius 3 is 2.38 bits per heavy atom. The number of rotatable bonds is 3. The van der Waals surface area contributed by atoms with Crippen LogP contribution in [0.15, 0.2) is 55.1 Å². The standard InChI is InChI=1S/C20H21N/c1-5-7-16-9-11-18-17-10-8-14(3)12-19(17)21(15(4)6-2)20(18)13-16/h5-13,15H,2H2,1,3-4H3/b7-5+. The Morgan fingerprint density at radius 1 is 1.05 bits per heavy atom. The summed E-state index contributed by atoms with van der Waals surface area (Å²) in [4.78, 5) is 0. The SMILES string of the molecule is C=CC(C)n1c2cc(C)ccc2c2ccc(/C=C/C)cc21. The molecule has 0 spiro atoms. The minimum absolute atomic E-state index is 0.271. The lowest BCUT2D eigenvalue weighted by atomic mass is 10.1. The molecule has 106 valence electrons. The van der Waals surface area contributed by atoms with Crippen molar-refractivity contribution < 1.29 is 0 Å². The second-order valence-electron chi connectivity index (χ2n) is 5.64. The lowest BCUT2D eigenvalue weighted by Gasteiger charge is -2.13. The average Bonchev–Trinajstić information content (AvgIpc) is 2.79. The highest BCUT2D eigenvalue weighted by molar-refractivity contribution is 6.08. The molecule has 0 amide bonds. The molecular weight excluding hydrogens is 254 g/mol. The van der Waals surface area contributed by atoms with E-state index in [0.717, 1.165) is 0 Å². The summed E-state index contributed by atoms with van der Waals surface area (Å²) < 4.78 is 2.39. The maximum atomic E-state index is 3.98. The van der Waals surface area contributed by atoms with Crippen LogP contribution in [-0.2, 0) is 0 Å². The van der Waals surface area contributed by atoms with E-state index in [1.165, 1.54) is 32.9 Å². The highest BCUT2D eigenvalue weighted by Crippen LogP contribution is 2.33. The summed E-state index contributed by atoms with van der Waals surface area (Å²) in [7, 11) is 0. The van der Waals surface area contributed by atoms with Gasteiger partial charge in [-0.25, -0.2) is 0 Å². The van der Waals surface area contributed by atoms with Crippen LogP contribution in [0, 0.1) is 6.92 Å². The van der Waals surface area contributed by atoms with Gasteiger partial charge in [-0.15, -0.1) is 6.58 Å². The Balaban J connectivity index is 2.46. The summed E-state index contributed by atoms with van der Waals surface area (Å²) in [6, 6.07) is 13.6. The van der Waals surface area contributed by atoms with Gasteiger partial charge >= 0.3 is 0 Å². The molecule has 1 heteroatoms. The van der Waals surface area contributed by atoms with Crippen molar-refractivity contribution in [1.82, 2.24) is 4.57 Å². The second-order valence-corrected chi connectivity index (χ2v) is 5.64. The molecule has 0 saturated heterocycles. The molecule has 1 aromatic heterocycles. The van der Waals surface area contributed by atoms with Gasteiger partial charge < -0.3 is 4.57 Å². The van der Waals surface area contributed by atoms with E-state index in [0.29, 0.717) is 0 Å². The van der Waals surface area contributed by atoms with Gasteiger partial charge in [-0.2, -0.15) is 0 Å². The number of aromatic nitrogens is 1. The van der Waals surface area contributed by atoms with Gasteiger partial charge in [0.05, 0.1) is 5.52 Å². The zero-order chi connectivity index (χ0) is 15.0. The van der Waals surface area contributed by atoms with Crippen molar-refractivity contribution in [1.29, 1.82) is 0 Å². The minimum atomic E-state index is 0.271. The fourth-order valence-corrected chi connectivity index (χ4v) is 3.01. The molecule has 0 aliphatic carbocycles. The topological polar surface area (TPSA) is 4.93 Å². The third-order valence-electron chi connectivity index (χ3n) is 4.09. The quantitative estimate of drug-likeness (QED) is 0.526. The average molecular weight is 275 g/mol. The molecule has 0 bridgehead atoms. The van der Waals surface area contributed by atoms with E-state index < -0.39 is 0 Å². The number of hydrogen-bond acceptors (Lipinski definition) is 0. The number of allylic oxidation sites excluding steroid dienone is 2. The smallest absolute Gasteiger partial charge is 0.0502 e. The molecule has 1 atom stereocenters. The molecule has 2 aromatic carbocycles. The Morgan fingerprint density at radius 2 is 1.71 bits per heavy atom. The molecule has 21 heavy (non-hydrogen) atoms. The molecule has 1 heterocycles. The first-order valence-electron chi connectivity index (χ1n) is 7.45. The fraction of sp³-hybridized carbons (Fsp3) is 0.200. The molecule has 0 aliphatic heterocycles. The zero-order valence-corrected chi connectivity index (χ0v) is 12.9. The maximum absolute atomic E-state index is 3.98. The van der Waals surface area contributed by atoms with E-state index in [-0.39, 0.29) is 6.04 Å². The Bertz CT molecular complexity index is 849. The number of fused-ring (bicyclic) bond motifs is 3. The first-order valence-corrected chi connectivity index (χ1v) is 7.45. The predicted molar refractivity (Wildman–Crippen MR) is 93.8 cm³/mol. The summed E-state index contributed by atoms with van der Waals surface area (Å²) in [5.74, 6) is 0. The van der Waals surface area contributed by atoms with Crippen LogP contribution in [0.5, 0.6) is 0 Å². The number of nitrogens with zero attached hydrogens (tertiary/aromatic N) is 1. The summed E-state index contributed by atoms with van der Waals surface area (Å²) in [6.07, 6.45) is 6.23. The van der Waals surface area contributed by atoms with Gasteiger partial charge in [0.25, 0.3) is 0 Å². The first kappa shape index (κ1) is 13.7. The lowest BCUT2D eigenvalue weighted by molar-refractivity contribution is 0.712. The molecule has 3 rings (SSSR count). The monoisotopic (exact) mass is 275 g/mol. The van der Waals surface area contributed by atoms with E-state index >= 15 is 0 Å². The van der Waals surface area contributed by atoms with Crippen molar-refractivity contribution in [2.45, 2.75) is 26.8 Å². The van der Waals surface area contributed by atoms with Gasteiger partial charge in [0, 0.05) is 22.3 Å². The molecule has 3 aromatic rings. The Labute approximate surface area is 126 Å². The van der Waals surface area contributed by atoms with Crippen LogP contribution in [0.2, 0.25) is 0 Å². The van der Waals surface area contributed by atoms with Crippen molar-refractivity contribution in [3.05, 3.63) is 66.3 Å². The minimum Gasteiger partial charge on any atom is -0.334 e. The van der Waals surface area contributed by atoms with Crippen molar-refractivity contribution >= 4 is 27.9 Å². The molecule has 1 nitrogen and oxygen atoms in total. The molecule has 0 fully saturated rings. The van der Waals surface area contributed by atoms with Crippen LogP contribution in [0.25, 0.3) is 27.9 Å². The van der Waals surface area contributed by atoms with Crippen LogP contribution in [0.4, 0.5) is 0 Å². The van der Waals surface area contributed by atoms with Gasteiger partial charge in [0.15, 0.2) is 0 Å². The largest absolute Gasteiger partial charge is 0.334 e. The van der Waals surface area contributed by atoms with E-state index in [1.54, 1.807) is 0 Å². The van der Waals surface area contributed by atoms with Crippen LogP contribution in [0.1, 0.15) is 31.0 Å². The highest BCUT2D eigenvalue weighted by atomic mass is 15.0. The summed E-state index contributed by atoms with van der Waals surface area (Å²) in [5, 5.41) is 2.63. The van der Waals surface area contributed by atoms with Crippen LogP contribution in [-0.4, -0.2) is 4.57 Å². The Kier molecular flexibility index (Phi) is 3.42. The molecule has 0 saturated carbocycles. The number of aryl methyl sites for hydroxylation is 1. The van der Waals surface area contributed by atoms with Gasteiger partial charge in [-0.1, -0.05) is 42.5 Å². The van der Waals surface area contributed by atoms with Crippen molar-refractivity contribution in [3.8, 4) is 0 Å². The summed E-state index contributed by atoms with van der Waals surface area (Å²) in [6.45, 7) is 10.4. The predicted octanol–water partition coefficient (Wildman–Crippen LogP) is 5.88. The highest BCUT2D eigenvalue weighted by Gasteiger charge is 2.13. The fourth-order valence-electron chi connectivity index (χ4n) is 3.01. The van der Waals surface area contributed by atoms with Gasteiger partial charge in [-0.05, 0) is 44.0 Å². The van der Waals surface area contributed by atoms with Gasteiger partial charge in [0.1, 0.15) is 0 Å². The third kappa shape index (κ3) is 2.19. The maximum Gasteiger partial charge on any atom is 0.0502 e. The number of hydrogen-bond donors (Lipinski definition) is 0. The van der Waals surface area contributed by atoms with Crippen LogP contribution >= 0.6 is 0 Å². The van der Waals surface area contributed by atoms with Crippen molar-refractivity contribution in [2.24, 2.45) is 0 Å². The normalized spacial score (nSPS) is 13.3. The van der Waals surface area contributed by atoms with Crippen LogP contribution < -0.4 is 0 Å². The van der Waals surface area contributed by atoms with Crippen molar-refractivity contribution in [3.63, 3.8) is 0 Å². The van der Waals surface area contributed by atoms with E-state index in [2.05, 4.69) is 80.5 Å². The zero-order valence-electron chi connectivity index (χ0n) is 12.9. The summed E-state index contributed by atoms with van der Waals surface area (Å²) >= 11 is 0. The van der Waals surface area contributed by atoms with E-state index in [1.807, 2.05) is 6.08 Å². The molecule has 0 aliphatic rings. The third-order valence-corrected chi connectivity index (χ3v) is 4.09. The lowest BCUT2D eigenvalue weighted by Crippen LogP contribution is -2.01. The van der Waals surface area contributed by atoms with Gasteiger partial charge in [-0.3, -0.25) is 0 Å². The van der Waals surface area contributed by atoms with E-state index in [4.69, 9.17) is 0 Å². The molecule has 1 unspecified atom stereocenters. The van der Waals surface area contributed by atoms with Gasteiger partial charge in [0.2, 0.25) is 0 Å². The van der Waals surface area contributed by atoms with Crippen LogP contribution in [0.3, 0.4) is 0 Å². The second kappa shape index (κ2) is 5.25.